The van der Waals surface area contributed by atoms with E-state index in [1.807, 2.05) is 19.4 Å². The van der Waals surface area contributed by atoms with E-state index in [4.69, 9.17) is 27.9 Å². The maximum absolute atomic E-state index is 13.5. The van der Waals surface area contributed by atoms with E-state index in [-0.39, 0.29) is 16.7 Å². The number of hydrogen-bond donors (Lipinski definition) is 1. The first-order valence-electron chi connectivity index (χ1n) is 10.7. The van der Waals surface area contributed by atoms with Gasteiger partial charge in [-0.2, -0.15) is 0 Å². The van der Waals surface area contributed by atoms with Crippen molar-refractivity contribution in [1.29, 1.82) is 0 Å². The topological polar surface area (TPSA) is 55.4 Å². The van der Waals surface area contributed by atoms with Gasteiger partial charge in [0.25, 0.3) is 0 Å². The summed E-state index contributed by atoms with van der Waals surface area (Å²) in [7, 11) is 0. The third-order valence-electron chi connectivity index (χ3n) is 6.12. The van der Waals surface area contributed by atoms with Gasteiger partial charge in [0.2, 0.25) is 5.91 Å². The second-order valence-corrected chi connectivity index (χ2v) is 12.3. The van der Waals surface area contributed by atoms with Gasteiger partial charge >= 0.3 is 5.97 Å². The number of anilines is 1. The summed E-state index contributed by atoms with van der Waals surface area (Å²) in [5, 5.41) is 3.60. The molecule has 0 heterocycles. The van der Waals surface area contributed by atoms with Gasteiger partial charge in [0.15, 0.2) is 9.83 Å². The molecule has 0 radical (unpaired) electrons. The zero-order chi connectivity index (χ0) is 23.2. The largest absolute Gasteiger partial charge is 0.423 e. The minimum absolute atomic E-state index is 0.0268. The number of amides is 1. The Balaban J connectivity index is 2.33. The van der Waals surface area contributed by atoms with Crippen molar-refractivity contribution in [2.75, 3.05) is 17.8 Å². The lowest BCUT2D eigenvalue weighted by atomic mass is 9.69. The van der Waals surface area contributed by atoms with Gasteiger partial charge in [0.1, 0.15) is 0 Å². The lowest BCUT2D eigenvalue weighted by Gasteiger charge is -2.36. The van der Waals surface area contributed by atoms with Crippen LogP contribution in [0, 0.1) is 11.3 Å². The summed E-state index contributed by atoms with van der Waals surface area (Å²) in [6.45, 7) is 6.17. The maximum atomic E-state index is 13.5. The Morgan fingerprint density at radius 2 is 1.71 bits per heavy atom. The molecule has 1 saturated carbocycles. The molecule has 1 amide bonds. The van der Waals surface area contributed by atoms with E-state index in [9.17, 15) is 9.59 Å². The van der Waals surface area contributed by atoms with Crippen molar-refractivity contribution in [2.45, 2.75) is 69.8 Å². The molecule has 0 bridgehead atoms. The van der Waals surface area contributed by atoms with Crippen molar-refractivity contribution in [3.63, 3.8) is 0 Å². The van der Waals surface area contributed by atoms with Crippen LogP contribution >= 0.6 is 46.7 Å². The molecule has 0 atom stereocenters. The van der Waals surface area contributed by atoms with Gasteiger partial charge < -0.3 is 10.1 Å². The van der Waals surface area contributed by atoms with Gasteiger partial charge in [-0.05, 0) is 57.1 Å². The molecule has 0 unspecified atom stereocenters. The van der Waals surface area contributed by atoms with Gasteiger partial charge in [-0.3, -0.25) is 4.79 Å². The Morgan fingerprint density at radius 1 is 1.13 bits per heavy atom. The van der Waals surface area contributed by atoms with Gasteiger partial charge in [-0.1, -0.05) is 56.3 Å². The monoisotopic (exact) mass is 505 g/mol. The first-order valence-corrected chi connectivity index (χ1v) is 13.9. The molecule has 1 aliphatic rings. The molecule has 2 rings (SSSR count). The standard InChI is InChI=1S/C23H33Cl2NO3S2/c1-15(2)9-12-23(10-7-6-8-11-23)20(27)26-18-13-16(24)17(25)14-19(18)29-21(28)22(3,30-4)31-5/h13-15H,6-12H2,1-5H3,(H,26,27). The predicted octanol–water partition coefficient (Wildman–Crippen LogP) is 7.67. The summed E-state index contributed by atoms with van der Waals surface area (Å²) in [4.78, 5) is 26.3. The van der Waals surface area contributed by atoms with E-state index in [1.54, 1.807) is 6.07 Å². The fourth-order valence-electron chi connectivity index (χ4n) is 3.79. The minimum Gasteiger partial charge on any atom is -0.423 e. The van der Waals surface area contributed by atoms with E-state index in [0.717, 1.165) is 44.9 Å². The summed E-state index contributed by atoms with van der Waals surface area (Å²) >= 11 is 15.2. The van der Waals surface area contributed by atoms with Gasteiger partial charge in [0.05, 0.1) is 15.7 Å². The van der Waals surface area contributed by atoms with Crippen LogP contribution in [-0.2, 0) is 9.59 Å². The van der Waals surface area contributed by atoms with Crippen molar-refractivity contribution in [3.8, 4) is 5.75 Å². The molecule has 8 heteroatoms. The molecule has 31 heavy (non-hydrogen) atoms. The van der Waals surface area contributed by atoms with Crippen LogP contribution in [0.4, 0.5) is 5.69 Å². The smallest absolute Gasteiger partial charge is 0.337 e. The molecular weight excluding hydrogens is 473 g/mol. The van der Waals surface area contributed by atoms with Crippen LogP contribution in [0.5, 0.6) is 5.75 Å². The van der Waals surface area contributed by atoms with Gasteiger partial charge in [-0.25, -0.2) is 4.79 Å². The molecule has 1 N–H and O–H groups in total. The lowest BCUT2D eigenvalue weighted by Crippen LogP contribution is -2.38. The number of hydrogen-bond acceptors (Lipinski definition) is 5. The molecule has 0 aliphatic heterocycles. The molecule has 1 aromatic rings. The fraction of sp³-hybridized carbons (Fsp3) is 0.652. The second kappa shape index (κ2) is 11.5. The van der Waals surface area contributed by atoms with E-state index >= 15 is 0 Å². The molecule has 0 aromatic heterocycles. The van der Waals surface area contributed by atoms with E-state index in [1.165, 1.54) is 29.6 Å². The van der Waals surface area contributed by atoms with Crippen LogP contribution in [0.1, 0.15) is 65.7 Å². The zero-order valence-corrected chi connectivity index (χ0v) is 22.1. The Bertz CT molecular complexity index is 791. The fourth-order valence-corrected chi connectivity index (χ4v) is 5.19. The summed E-state index contributed by atoms with van der Waals surface area (Å²) in [6, 6.07) is 3.07. The number of carbonyl (C=O) groups excluding carboxylic acids is 2. The molecule has 174 valence electrons. The average Bonchev–Trinajstić information content (AvgIpc) is 2.75. The number of carbonyl (C=O) groups is 2. The van der Waals surface area contributed by atoms with Crippen LogP contribution in [-0.4, -0.2) is 28.5 Å². The van der Waals surface area contributed by atoms with E-state index in [0.29, 0.717) is 16.6 Å². The Morgan fingerprint density at radius 3 is 2.26 bits per heavy atom. The van der Waals surface area contributed by atoms with Crippen molar-refractivity contribution >= 4 is 64.3 Å². The van der Waals surface area contributed by atoms with Crippen molar-refractivity contribution in [2.24, 2.45) is 11.3 Å². The number of esters is 1. The third kappa shape index (κ3) is 6.72. The average molecular weight is 507 g/mol. The summed E-state index contributed by atoms with van der Waals surface area (Å²) in [5.74, 6) is 0.315. The Kier molecular flexibility index (Phi) is 9.93. The first-order chi connectivity index (χ1) is 14.6. The minimum atomic E-state index is -0.769. The van der Waals surface area contributed by atoms with E-state index < -0.39 is 15.5 Å². The van der Waals surface area contributed by atoms with E-state index in [2.05, 4.69) is 19.2 Å². The number of ether oxygens (including phenoxy) is 1. The molecule has 1 fully saturated rings. The van der Waals surface area contributed by atoms with Crippen LogP contribution < -0.4 is 10.1 Å². The molecule has 1 aromatic carbocycles. The number of nitrogens with one attached hydrogen (secondary N) is 1. The Hall–Kier alpha value is -0.560. The number of halogens is 2. The summed E-state index contributed by atoms with van der Waals surface area (Å²) in [5.41, 5.74) is -0.0185. The van der Waals surface area contributed by atoms with Crippen molar-refractivity contribution < 1.29 is 14.3 Å². The van der Waals surface area contributed by atoms with Crippen LogP contribution in [0.3, 0.4) is 0 Å². The first kappa shape index (κ1) is 26.7. The highest BCUT2D eigenvalue weighted by molar-refractivity contribution is 8.18. The zero-order valence-electron chi connectivity index (χ0n) is 19.0. The molecule has 0 saturated heterocycles. The number of benzene rings is 1. The second-order valence-electron chi connectivity index (χ2n) is 8.73. The number of rotatable bonds is 9. The maximum Gasteiger partial charge on any atom is 0.337 e. The molecule has 1 aliphatic carbocycles. The highest BCUT2D eigenvalue weighted by Gasteiger charge is 2.40. The number of thioether (sulfide) groups is 2. The molecule has 0 spiro atoms. The predicted molar refractivity (Wildman–Crippen MR) is 136 cm³/mol. The highest BCUT2D eigenvalue weighted by atomic mass is 35.5. The highest BCUT2D eigenvalue weighted by Crippen LogP contribution is 2.44. The SMILES string of the molecule is CSC(C)(SC)C(=O)Oc1cc(Cl)c(Cl)cc1NC(=O)C1(CCC(C)C)CCCCC1. The molecular formula is C23H33Cl2NO3S2. The third-order valence-corrected chi connectivity index (χ3v) is 9.73. The quantitative estimate of drug-likeness (QED) is 0.212. The molecule has 4 nitrogen and oxygen atoms in total. The van der Waals surface area contributed by atoms with Crippen molar-refractivity contribution in [3.05, 3.63) is 22.2 Å². The summed E-state index contributed by atoms with van der Waals surface area (Å²) < 4.78 is 4.94. The Labute approximate surface area is 204 Å². The van der Waals surface area contributed by atoms with Gasteiger partial charge in [-0.15, -0.1) is 23.5 Å². The lowest BCUT2D eigenvalue weighted by molar-refractivity contribution is -0.134. The van der Waals surface area contributed by atoms with Crippen LogP contribution in [0.15, 0.2) is 12.1 Å². The normalized spacial score (nSPS) is 16.3. The van der Waals surface area contributed by atoms with Crippen LogP contribution in [0.25, 0.3) is 0 Å². The summed E-state index contributed by atoms with van der Waals surface area (Å²) in [6.07, 6.45) is 10.6. The van der Waals surface area contributed by atoms with Crippen molar-refractivity contribution in [1.82, 2.24) is 0 Å². The van der Waals surface area contributed by atoms with Crippen LogP contribution in [0.2, 0.25) is 10.0 Å². The van der Waals surface area contributed by atoms with Gasteiger partial charge in [0, 0.05) is 11.5 Å².